The average molecular weight is 357 g/mol. The highest BCUT2D eigenvalue weighted by Gasteiger charge is 2.13. The standard InChI is InChI=1S/C19H15N7O/c27-19-23-15-11-21-18(26-12-22-14-6-1-2-7-16(14)26)24-17(15)25(19)10-8-13-5-3-4-9-20-13/h1-7,9,11-12H,8,10H2,(H,23,27). The molecule has 27 heavy (non-hydrogen) atoms. The van der Waals surface area contributed by atoms with E-state index in [1.54, 1.807) is 23.3 Å². The first-order valence-corrected chi connectivity index (χ1v) is 8.57. The molecule has 4 heterocycles. The Morgan fingerprint density at radius 2 is 1.89 bits per heavy atom. The van der Waals surface area contributed by atoms with Crippen molar-refractivity contribution in [2.75, 3.05) is 0 Å². The molecule has 0 saturated heterocycles. The molecule has 0 aliphatic rings. The molecule has 0 aliphatic heterocycles. The van der Waals surface area contributed by atoms with E-state index in [2.05, 4.69) is 24.9 Å². The molecule has 0 amide bonds. The fourth-order valence-electron chi connectivity index (χ4n) is 3.15. The second-order valence-electron chi connectivity index (χ2n) is 6.16. The quantitative estimate of drug-likeness (QED) is 0.531. The zero-order valence-corrected chi connectivity index (χ0v) is 14.3. The molecular weight excluding hydrogens is 342 g/mol. The van der Waals surface area contributed by atoms with Crippen LogP contribution in [0, 0.1) is 0 Å². The lowest BCUT2D eigenvalue weighted by atomic mass is 10.3. The van der Waals surface area contributed by atoms with E-state index in [1.807, 2.05) is 47.0 Å². The third-order valence-electron chi connectivity index (χ3n) is 4.49. The van der Waals surface area contributed by atoms with E-state index < -0.39 is 0 Å². The highest BCUT2D eigenvalue weighted by molar-refractivity contribution is 5.77. The molecule has 4 aromatic heterocycles. The van der Waals surface area contributed by atoms with Gasteiger partial charge in [0, 0.05) is 24.9 Å². The Morgan fingerprint density at radius 1 is 1.00 bits per heavy atom. The van der Waals surface area contributed by atoms with Gasteiger partial charge in [-0.25, -0.2) is 14.8 Å². The molecule has 5 rings (SSSR count). The van der Waals surface area contributed by atoms with Gasteiger partial charge in [0.05, 0.1) is 17.2 Å². The summed E-state index contributed by atoms with van der Waals surface area (Å²) in [6, 6.07) is 13.5. The lowest BCUT2D eigenvalue weighted by molar-refractivity contribution is 0.674. The number of hydrogen-bond acceptors (Lipinski definition) is 5. The molecule has 132 valence electrons. The first kappa shape index (κ1) is 15.4. The molecule has 0 bridgehead atoms. The first-order valence-electron chi connectivity index (χ1n) is 8.57. The Hall–Kier alpha value is -3.81. The van der Waals surface area contributed by atoms with Crippen LogP contribution in [0.15, 0.2) is 66.0 Å². The van der Waals surface area contributed by atoms with Crippen LogP contribution in [0.3, 0.4) is 0 Å². The average Bonchev–Trinajstić information content (AvgIpc) is 3.27. The van der Waals surface area contributed by atoms with Crippen molar-refractivity contribution in [3.8, 4) is 5.95 Å². The predicted molar refractivity (Wildman–Crippen MR) is 101 cm³/mol. The lowest BCUT2D eigenvalue weighted by Gasteiger charge is -2.05. The molecule has 0 radical (unpaired) electrons. The zero-order valence-electron chi connectivity index (χ0n) is 14.3. The van der Waals surface area contributed by atoms with Crippen LogP contribution in [0.2, 0.25) is 0 Å². The van der Waals surface area contributed by atoms with Gasteiger partial charge >= 0.3 is 5.69 Å². The summed E-state index contributed by atoms with van der Waals surface area (Å²) in [6.07, 6.45) is 5.71. The summed E-state index contributed by atoms with van der Waals surface area (Å²) in [7, 11) is 0. The third kappa shape index (κ3) is 2.67. The van der Waals surface area contributed by atoms with E-state index in [1.165, 1.54) is 0 Å². The van der Waals surface area contributed by atoms with Gasteiger partial charge in [-0.2, -0.15) is 4.98 Å². The molecular formula is C19H15N7O. The number of aromatic nitrogens is 7. The normalized spacial score (nSPS) is 11.4. The van der Waals surface area contributed by atoms with Crippen molar-refractivity contribution < 1.29 is 0 Å². The number of aromatic amines is 1. The molecule has 0 fully saturated rings. The van der Waals surface area contributed by atoms with Crippen molar-refractivity contribution in [2.24, 2.45) is 0 Å². The number of benzene rings is 1. The number of H-pyrrole nitrogens is 1. The number of nitrogens with zero attached hydrogens (tertiary/aromatic N) is 6. The second-order valence-corrected chi connectivity index (χ2v) is 6.16. The molecule has 8 nitrogen and oxygen atoms in total. The van der Waals surface area contributed by atoms with E-state index in [-0.39, 0.29) is 5.69 Å². The molecule has 0 unspecified atom stereocenters. The Morgan fingerprint density at radius 3 is 2.78 bits per heavy atom. The van der Waals surface area contributed by atoms with Gasteiger partial charge < -0.3 is 4.98 Å². The minimum absolute atomic E-state index is 0.206. The Balaban J connectivity index is 1.58. The summed E-state index contributed by atoms with van der Waals surface area (Å²) in [5.74, 6) is 0.474. The van der Waals surface area contributed by atoms with Crippen molar-refractivity contribution >= 4 is 22.2 Å². The van der Waals surface area contributed by atoms with Crippen molar-refractivity contribution in [1.29, 1.82) is 0 Å². The summed E-state index contributed by atoms with van der Waals surface area (Å²) >= 11 is 0. The monoisotopic (exact) mass is 357 g/mol. The Bertz CT molecular complexity index is 1300. The van der Waals surface area contributed by atoms with Gasteiger partial charge in [0.2, 0.25) is 5.95 Å². The minimum Gasteiger partial charge on any atom is -0.303 e. The van der Waals surface area contributed by atoms with Crippen molar-refractivity contribution in [3.05, 3.63) is 77.4 Å². The molecule has 1 N–H and O–H groups in total. The lowest BCUT2D eigenvalue weighted by Crippen LogP contribution is -2.18. The zero-order chi connectivity index (χ0) is 18.2. The summed E-state index contributed by atoms with van der Waals surface area (Å²) in [4.78, 5) is 32.9. The number of hydrogen-bond donors (Lipinski definition) is 1. The fourth-order valence-corrected chi connectivity index (χ4v) is 3.15. The van der Waals surface area contributed by atoms with Gasteiger partial charge in [0.15, 0.2) is 5.65 Å². The molecule has 1 aromatic carbocycles. The van der Waals surface area contributed by atoms with E-state index in [9.17, 15) is 4.79 Å². The van der Waals surface area contributed by atoms with Crippen molar-refractivity contribution in [2.45, 2.75) is 13.0 Å². The fraction of sp³-hybridized carbons (Fsp3) is 0.105. The highest BCUT2D eigenvalue weighted by atomic mass is 16.1. The molecule has 0 atom stereocenters. The van der Waals surface area contributed by atoms with Crippen molar-refractivity contribution in [3.63, 3.8) is 0 Å². The van der Waals surface area contributed by atoms with Crippen LogP contribution in [-0.4, -0.2) is 34.1 Å². The van der Waals surface area contributed by atoms with E-state index >= 15 is 0 Å². The van der Waals surface area contributed by atoms with Crippen LogP contribution >= 0.6 is 0 Å². The maximum absolute atomic E-state index is 12.4. The number of rotatable bonds is 4. The third-order valence-corrected chi connectivity index (χ3v) is 4.49. The number of imidazole rings is 2. The van der Waals surface area contributed by atoms with Gasteiger partial charge in [-0.05, 0) is 24.3 Å². The van der Waals surface area contributed by atoms with Crippen LogP contribution in [0.25, 0.3) is 28.1 Å². The van der Waals surface area contributed by atoms with Gasteiger partial charge in [0.25, 0.3) is 0 Å². The molecule has 0 spiro atoms. The van der Waals surface area contributed by atoms with E-state index in [4.69, 9.17) is 0 Å². The number of aryl methyl sites for hydroxylation is 2. The maximum Gasteiger partial charge on any atom is 0.327 e. The maximum atomic E-state index is 12.4. The molecule has 8 heteroatoms. The topological polar surface area (TPSA) is 94.3 Å². The van der Waals surface area contributed by atoms with Crippen LogP contribution in [0.1, 0.15) is 5.69 Å². The number of pyridine rings is 1. The molecule has 0 saturated carbocycles. The summed E-state index contributed by atoms with van der Waals surface area (Å²) in [5, 5.41) is 0. The largest absolute Gasteiger partial charge is 0.327 e. The molecule has 5 aromatic rings. The SMILES string of the molecule is O=c1[nH]c2cnc(-n3cnc4ccccc43)nc2n1CCc1ccccn1. The summed E-state index contributed by atoms with van der Waals surface area (Å²) < 4.78 is 3.43. The van der Waals surface area contributed by atoms with Crippen molar-refractivity contribution in [1.82, 2.24) is 34.1 Å². The second kappa shape index (κ2) is 6.17. The van der Waals surface area contributed by atoms with Gasteiger partial charge in [-0.3, -0.25) is 14.1 Å². The van der Waals surface area contributed by atoms with E-state index in [0.29, 0.717) is 30.1 Å². The van der Waals surface area contributed by atoms with Gasteiger partial charge in [0.1, 0.15) is 11.8 Å². The predicted octanol–water partition coefficient (Wildman–Crippen LogP) is 2.10. The highest BCUT2D eigenvalue weighted by Crippen LogP contribution is 2.16. The first-order chi connectivity index (χ1) is 13.3. The van der Waals surface area contributed by atoms with E-state index in [0.717, 1.165) is 16.7 Å². The number of nitrogens with one attached hydrogen (secondary N) is 1. The summed E-state index contributed by atoms with van der Waals surface area (Å²) in [5.41, 5.74) is 3.67. The Labute approximate surface area is 153 Å². The smallest absolute Gasteiger partial charge is 0.303 e. The Kier molecular flexibility index (Phi) is 3.53. The van der Waals surface area contributed by atoms with Gasteiger partial charge in [-0.1, -0.05) is 18.2 Å². The van der Waals surface area contributed by atoms with Crippen LogP contribution in [-0.2, 0) is 13.0 Å². The van der Waals surface area contributed by atoms with Gasteiger partial charge in [-0.15, -0.1) is 0 Å². The number of para-hydroxylation sites is 2. The molecule has 0 aliphatic carbocycles. The summed E-state index contributed by atoms with van der Waals surface area (Å²) in [6.45, 7) is 0.483. The number of fused-ring (bicyclic) bond motifs is 2. The van der Waals surface area contributed by atoms with Crippen LogP contribution < -0.4 is 5.69 Å². The van der Waals surface area contributed by atoms with Crippen LogP contribution in [0.4, 0.5) is 0 Å². The minimum atomic E-state index is -0.206. The van der Waals surface area contributed by atoms with Crippen LogP contribution in [0.5, 0.6) is 0 Å².